The average molecular weight is 458 g/mol. The molecule has 0 spiro atoms. The Hall–Kier alpha value is -2.49. The van der Waals surface area contributed by atoms with E-state index >= 15 is 0 Å². The molecule has 4 rings (SSSR count). The second-order valence-corrected chi connectivity index (χ2v) is 9.34. The maximum absolute atomic E-state index is 12.4. The van der Waals surface area contributed by atoms with E-state index in [2.05, 4.69) is 26.2 Å². The molecule has 164 valence electrons. The molecule has 1 aromatic heterocycles. The molecule has 2 fully saturated rings. The van der Waals surface area contributed by atoms with Gasteiger partial charge in [-0.05, 0) is 48.6 Å². The minimum atomic E-state index is -0.176. The molecule has 4 N–H and O–H groups in total. The Morgan fingerprint density at radius 3 is 2.84 bits per heavy atom. The first-order valence-corrected chi connectivity index (χ1v) is 11.8. The van der Waals surface area contributed by atoms with Crippen molar-refractivity contribution in [2.24, 2.45) is 0 Å². The van der Waals surface area contributed by atoms with Crippen LogP contribution >= 0.6 is 23.6 Å². The number of carbonyl (C=O) groups is 2. The molecule has 7 nitrogen and oxygen atoms in total. The molecule has 2 aliphatic rings. The van der Waals surface area contributed by atoms with Gasteiger partial charge in [-0.1, -0.05) is 24.3 Å². The summed E-state index contributed by atoms with van der Waals surface area (Å²) >= 11 is 7.09. The van der Waals surface area contributed by atoms with Crippen molar-refractivity contribution in [2.75, 3.05) is 18.4 Å². The molecule has 1 aromatic carbocycles. The van der Waals surface area contributed by atoms with E-state index in [1.54, 1.807) is 11.3 Å². The summed E-state index contributed by atoms with van der Waals surface area (Å²) in [5.41, 5.74) is 0.930. The molecule has 0 bridgehead atoms. The van der Waals surface area contributed by atoms with Crippen LogP contribution in [0.3, 0.4) is 0 Å². The highest BCUT2D eigenvalue weighted by molar-refractivity contribution is 7.80. The van der Waals surface area contributed by atoms with Crippen molar-refractivity contribution in [1.82, 2.24) is 20.9 Å². The van der Waals surface area contributed by atoms with Crippen molar-refractivity contribution in [1.29, 1.82) is 0 Å². The van der Waals surface area contributed by atoms with Crippen molar-refractivity contribution in [3.05, 3.63) is 52.7 Å². The number of thiophene rings is 1. The SMILES string of the molecule is O=C(CC[C@@H]1CNC(=O)[C@@H]2C[C@@H](NC(=S)Nc3ccccc3)CN12)NCc1cccs1. The number of benzene rings is 1. The maximum Gasteiger partial charge on any atom is 0.237 e. The highest BCUT2D eigenvalue weighted by Gasteiger charge is 2.43. The molecule has 9 heteroatoms. The number of nitrogens with one attached hydrogen (secondary N) is 4. The van der Waals surface area contributed by atoms with Gasteiger partial charge in [0.1, 0.15) is 0 Å². The standard InChI is InChI=1S/C22H27N5O2S2/c28-20(23-13-18-7-4-10-31-18)9-8-17-12-24-21(29)19-11-16(14-27(17)19)26-22(30)25-15-5-2-1-3-6-15/h1-7,10,16-17,19H,8-9,11-14H2,(H,23,28)(H,24,29)(H2,25,26,30)/t16-,17-,19+/m1/s1. The average Bonchev–Trinajstić information content (AvgIpc) is 3.43. The summed E-state index contributed by atoms with van der Waals surface area (Å²) < 4.78 is 0. The summed E-state index contributed by atoms with van der Waals surface area (Å²) in [6.45, 7) is 1.88. The van der Waals surface area contributed by atoms with Crippen molar-refractivity contribution in [3.63, 3.8) is 0 Å². The summed E-state index contributed by atoms with van der Waals surface area (Å²) in [7, 11) is 0. The molecular formula is C22H27N5O2S2. The normalized spacial score (nSPS) is 23.0. The molecule has 0 aliphatic carbocycles. The quantitative estimate of drug-likeness (QED) is 0.477. The van der Waals surface area contributed by atoms with Gasteiger partial charge in [-0.3, -0.25) is 14.5 Å². The van der Waals surface area contributed by atoms with Crippen LogP contribution in [0.5, 0.6) is 0 Å². The van der Waals surface area contributed by atoms with Gasteiger partial charge in [-0.25, -0.2) is 0 Å². The first-order valence-electron chi connectivity index (χ1n) is 10.5. The molecule has 0 saturated carbocycles. The van der Waals surface area contributed by atoms with E-state index in [-0.39, 0.29) is 29.9 Å². The van der Waals surface area contributed by atoms with Crippen LogP contribution in [0.15, 0.2) is 47.8 Å². The number of para-hydroxylation sites is 1. The fraction of sp³-hybridized carbons (Fsp3) is 0.409. The van der Waals surface area contributed by atoms with E-state index in [1.807, 2.05) is 47.8 Å². The van der Waals surface area contributed by atoms with Crippen molar-refractivity contribution >= 4 is 46.2 Å². The van der Waals surface area contributed by atoms with E-state index < -0.39 is 0 Å². The Morgan fingerprint density at radius 1 is 1.23 bits per heavy atom. The van der Waals surface area contributed by atoms with Gasteiger partial charge in [0.05, 0.1) is 12.6 Å². The van der Waals surface area contributed by atoms with E-state index in [4.69, 9.17) is 12.2 Å². The Morgan fingerprint density at radius 2 is 2.06 bits per heavy atom. The highest BCUT2D eigenvalue weighted by Crippen LogP contribution is 2.26. The lowest BCUT2D eigenvalue weighted by atomic mass is 10.0. The lowest BCUT2D eigenvalue weighted by molar-refractivity contribution is -0.129. The van der Waals surface area contributed by atoms with E-state index in [0.29, 0.717) is 37.5 Å². The zero-order valence-electron chi connectivity index (χ0n) is 17.2. The van der Waals surface area contributed by atoms with Crippen LogP contribution in [-0.2, 0) is 16.1 Å². The molecule has 3 atom stereocenters. The molecule has 31 heavy (non-hydrogen) atoms. The number of piperazine rings is 1. The third-order valence-corrected chi connectivity index (χ3v) is 6.83. The smallest absolute Gasteiger partial charge is 0.237 e. The highest BCUT2D eigenvalue weighted by atomic mass is 32.1. The topological polar surface area (TPSA) is 85.5 Å². The van der Waals surface area contributed by atoms with Crippen LogP contribution in [0.25, 0.3) is 0 Å². The van der Waals surface area contributed by atoms with Crippen LogP contribution in [0, 0.1) is 0 Å². The molecule has 2 aliphatic heterocycles. The van der Waals surface area contributed by atoms with Gasteiger partial charge >= 0.3 is 0 Å². The minimum Gasteiger partial charge on any atom is -0.358 e. The zero-order valence-corrected chi connectivity index (χ0v) is 18.8. The van der Waals surface area contributed by atoms with Gasteiger partial charge in [0.25, 0.3) is 0 Å². The predicted octanol–water partition coefficient (Wildman–Crippen LogP) is 2.07. The van der Waals surface area contributed by atoms with Gasteiger partial charge in [0, 0.05) is 42.2 Å². The molecule has 0 unspecified atom stereocenters. The number of fused-ring (bicyclic) bond motifs is 1. The third-order valence-electron chi connectivity index (χ3n) is 5.73. The molecular weight excluding hydrogens is 430 g/mol. The monoisotopic (exact) mass is 457 g/mol. The zero-order chi connectivity index (χ0) is 21.6. The van der Waals surface area contributed by atoms with Crippen molar-refractivity contribution < 1.29 is 9.59 Å². The Labute approximate surface area is 191 Å². The second-order valence-electron chi connectivity index (χ2n) is 7.90. The van der Waals surface area contributed by atoms with Gasteiger partial charge in [-0.2, -0.15) is 0 Å². The Balaban J connectivity index is 1.26. The largest absolute Gasteiger partial charge is 0.358 e. The van der Waals surface area contributed by atoms with Crippen LogP contribution in [0.4, 0.5) is 5.69 Å². The van der Waals surface area contributed by atoms with Gasteiger partial charge in [0.2, 0.25) is 11.8 Å². The fourth-order valence-electron chi connectivity index (χ4n) is 4.21. The van der Waals surface area contributed by atoms with Gasteiger partial charge in [-0.15, -0.1) is 11.3 Å². The van der Waals surface area contributed by atoms with Gasteiger partial charge < -0.3 is 21.3 Å². The minimum absolute atomic E-state index is 0.0453. The lowest BCUT2D eigenvalue weighted by Crippen LogP contribution is -2.58. The van der Waals surface area contributed by atoms with E-state index in [0.717, 1.165) is 17.1 Å². The number of hydrogen-bond donors (Lipinski definition) is 4. The molecule has 2 amide bonds. The summed E-state index contributed by atoms with van der Waals surface area (Å²) in [5, 5.41) is 15.1. The van der Waals surface area contributed by atoms with E-state index in [9.17, 15) is 9.59 Å². The van der Waals surface area contributed by atoms with Crippen LogP contribution < -0.4 is 21.3 Å². The summed E-state index contributed by atoms with van der Waals surface area (Å²) in [5.74, 6) is 0.105. The van der Waals surface area contributed by atoms with E-state index in [1.165, 1.54) is 0 Å². The Kier molecular flexibility index (Phi) is 7.16. The van der Waals surface area contributed by atoms with Crippen LogP contribution in [0.1, 0.15) is 24.1 Å². The lowest BCUT2D eigenvalue weighted by Gasteiger charge is -2.37. The van der Waals surface area contributed by atoms with Gasteiger partial charge in [0.15, 0.2) is 5.11 Å². The van der Waals surface area contributed by atoms with Crippen molar-refractivity contribution in [2.45, 2.75) is 43.9 Å². The summed E-state index contributed by atoms with van der Waals surface area (Å²) in [6, 6.07) is 13.8. The van der Waals surface area contributed by atoms with Crippen molar-refractivity contribution in [3.8, 4) is 0 Å². The van der Waals surface area contributed by atoms with Crippen LogP contribution in [-0.4, -0.2) is 53.0 Å². The number of hydrogen-bond acceptors (Lipinski definition) is 5. The van der Waals surface area contributed by atoms with Crippen LogP contribution in [0.2, 0.25) is 0 Å². The fourth-order valence-corrected chi connectivity index (χ4v) is 5.14. The summed E-state index contributed by atoms with van der Waals surface area (Å²) in [6.07, 6.45) is 1.86. The number of rotatable bonds is 7. The first-order chi connectivity index (χ1) is 15.1. The molecule has 2 aromatic rings. The number of anilines is 1. The number of carbonyl (C=O) groups excluding carboxylic acids is 2. The predicted molar refractivity (Wildman–Crippen MR) is 127 cm³/mol. The Bertz CT molecular complexity index is 906. The molecule has 0 radical (unpaired) electrons. The first kappa shape index (κ1) is 21.7. The molecule has 2 saturated heterocycles. The number of nitrogens with zero attached hydrogens (tertiary/aromatic N) is 1. The number of thiocarbonyl (C=S) groups is 1. The molecule has 3 heterocycles. The maximum atomic E-state index is 12.4. The summed E-state index contributed by atoms with van der Waals surface area (Å²) in [4.78, 5) is 28.1. The number of amides is 2. The third kappa shape index (κ3) is 5.81. The second kappa shape index (κ2) is 10.2.